The van der Waals surface area contributed by atoms with Crippen molar-refractivity contribution in [3.63, 3.8) is 0 Å². The molecule has 0 atom stereocenters. The summed E-state index contributed by atoms with van der Waals surface area (Å²) in [5.74, 6) is 0.169. The number of benzene rings is 1. The lowest BCUT2D eigenvalue weighted by Gasteiger charge is -2.17. The van der Waals surface area contributed by atoms with Gasteiger partial charge in [0.15, 0.2) is 5.11 Å². The molecule has 0 radical (unpaired) electrons. The number of hydrogen-bond donors (Lipinski definition) is 3. The first-order chi connectivity index (χ1) is 10.1. The van der Waals surface area contributed by atoms with Crippen LogP contribution in [0.25, 0.3) is 0 Å². The van der Waals surface area contributed by atoms with E-state index in [0.717, 1.165) is 43.4 Å². The summed E-state index contributed by atoms with van der Waals surface area (Å²) >= 11 is 5.26. The van der Waals surface area contributed by atoms with Crippen LogP contribution in [0.5, 0.6) is 0 Å². The fourth-order valence-corrected chi connectivity index (χ4v) is 2.91. The topological polar surface area (TPSA) is 53.2 Å². The van der Waals surface area contributed by atoms with Crippen molar-refractivity contribution in [2.45, 2.75) is 46.0 Å². The highest BCUT2D eigenvalue weighted by Crippen LogP contribution is 2.24. The molecule has 0 heterocycles. The van der Waals surface area contributed by atoms with Crippen molar-refractivity contribution in [2.24, 2.45) is 5.92 Å². The van der Waals surface area contributed by atoms with E-state index in [9.17, 15) is 4.79 Å². The zero-order valence-electron chi connectivity index (χ0n) is 12.7. The van der Waals surface area contributed by atoms with Gasteiger partial charge in [0, 0.05) is 11.6 Å². The van der Waals surface area contributed by atoms with Gasteiger partial charge in [-0.1, -0.05) is 38.0 Å². The smallest absolute Gasteiger partial charge is 0.241 e. The zero-order chi connectivity index (χ0) is 15.2. The highest BCUT2D eigenvalue weighted by atomic mass is 32.1. The summed E-state index contributed by atoms with van der Waals surface area (Å²) < 4.78 is 0. The molecule has 21 heavy (non-hydrogen) atoms. The number of hydrogen-bond acceptors (Lipinski definition) is 2. The quantitative estimate of drug-likeness (QED) is 0.593. The SMILES string of the molecule is CCc1cccc(C)c1NC(=S)NNC(=O)C1CCCC1. The number of aryl methyl sites for hydroxylation is 2. The molecule has 0 unspecified atom stereocenters. The Morgan fingerprint density at radius 1 is 1.29 bits per heavy atom. The summed E-state index contributed by atoms with van der Waals surface area (Å²) in [6, 6.07) is 6.16. The van der Waals surface area contributed by atoms with Gasteiger partial charge >= 0.3 is 0 Å². The third-order valence-corrected chi connectivity index (χ3v) is 4.21. The molecule has 3 N–H and O–H groups in total. The van der Waals surface area contributed by atoms with Crippen LogP contribution >= 0.6 is 12.2 Å². The van der Waals surface area contributed by atoms with Crippen LogP contribution in [0.2, 0.25) is 0 Å². The first kappa shape index (κ1) is 15.8. The van der Waals surface area contributed by atoms with Gasteiger partial charge in [-0.15, -0.1) is 0 Å². The molecule has 1 fully saturated rings. The number of thiocarbonyl (C=S) groups is 1. The number of carbonyl (C=O) groups is 1. The standard InChI is InChI=1S/C16H23N3OS/c1-3-12-10-6-7-11(2)14(12)17-16(21)19-18-15(20)13-8-4-5-9-13/h6-7,10,13H,3-5,8-9H2,1-2H3,(H,18,20)(H2,17,19,21). The van der Waals surface area contributed by atoms with Gasteiger partial charge in [-0.25, -0.2) is 0 Å². The maximum atomic E-state index is 11.9. The Morgan fingerprint density at radius 2 is 2.00 bits per heavy atom. The molecular weight excluding hydrogens is 282 g/mol. The van der Waals surface area contributed by atoms with Crippen LogP contribution in [0.4, 0.5) is 5.69 Å². The Bertz CT molecular complexity index is 524. The fourth-order valence-electron chi connectivity index (χ4n) is 2.76. The number of para-hydroxylation sites is 1. The number of anilines is 1. The van der Waals surface area contributed by atoms with Crippen LogP contribution in [-0.4, -0.2) is 11.0 Å². The zero-order valence-corrected chi connectivity index (χ0v) is 13.5. The summed E-state index contributed by atoms with van der Waals surface area (Å²) in [7, 11) is 0. The second-order valence-corrected chi connectivity index (χ2v) is 5.92. The predicted octanol–water partition coefficient (Wildman–Crippen LogP) is 3.07. The number of rotatable bonds is 3. The minimum absolute atomic E-state index is 0.0390. The molecule has 1 aliphatic carbocycles. The molecule has 0 spiro atoms. The Hall–Kier alpha value is -1.62. The Balaban J connectivity index is 1.88. The van der Waals surface area contributed by atoms with Crippen molar-refractivity contribution in [2.75, 3.05) is 5.32 Å². The third kappa shape index (κ3) is 4.17. The second kappa shape index (κ2) is 7.41. The Kier molecular flexibility index (Phi) is 5.56. The van der Waals surface area contributed by atoms with Crippen LogP contribution in [0.15, 0.2) is 18.2 Å². The Labute approximate surface area is 131 Å². The van der Waals surface area contributed by atoms with Gasteiger partial charge in [0.2, 0.25) is 5.91 Å². The summed E-state index contributed by atoms with van der Waals surface area (Å²) in [5, 5.41) is 3.60. The molecule has 2 rings (SSSR count). The van der Waals surface area contributed by atoms with Crippen molar-refractivity contribution in [1.82, 2.24) is 10.9 Å². The lowest BCUT2D eigenvalue weighted by atomic mass is 10.1. The van der Waals surface area contributed by atoms with Crippen LogP contribution in [0.3, 0.4) is 0 Å². The molecule has 1 saturated carbocycles. The maximum absolute atomic E-state index is 11.9. The Morgan fingerprint density at radius 3 is 2.67 bits per heavy atom. The van der Waals surface area contributed by atoms with E-state index in [4.69, 9.17) is 12.2 Å². The summed E-state index contributed by atoms with van der Waals surface area (Å²) in [5.41, 5.74) is 8.89. The van der Waals surface area contributed by atoms with E-state index in [1.165, 1.54) is 5.56 Å². The van der Waals surface area contributed by atoms with E-state index in [2.05, 4.69) is 29.2 Å². The number of amides is 1. The monoisotopic (exact) mass is 305 g/mol. The van der Waals surface area contributed by atoms with Gasteiger partial charge in [0.05, 0.1) is 0 Å². The molecular formula is C16H23N3OS. The summed E-state index contributed by atoms with van der Waals surface area (Å²) in [4.78, 5) is 11.9. The maximum Gasteiger partial charge on any atom is 0.241 e. The average Bonchev–Trinajstić information content (AvgIpc) is 3.01. The molecule has 0 aliphatic heterocycles. The number of nitrogens with one attached hydrogen (secondary N) is 3. The normalized spacial score (nSPS) is 14.8. The summed E-state index contributed by atoms with van der Waals surface area (Å²) in [6.07, 6.45) is 5.17. The summed E-state index contributed by atoms with van der Waals surface area (Å²) in [6.45, 7) is 4.15. The minimum Gasteiger partial charge on any atom is -0.331 e. The minimum atomic E-state index is 0.0390. The van der Waals surface area contributed by atoms with Crippen LogP contribution < -0.4 is 16.2 Å². The van der Waals surface area contributed by atoms with E-state index in [1.54, 1.807) is 0 Å². The number of hydrazine groups is 1. The second-order valence-electron chi connectivity index (χ2n) is 5.51. The lowest BCUT2D eigenvalue weighted by molar-refractivity contribution is -0.125. The lowest BCUT2D eigenvalue weighted by Crippen LogP contribution is -2.46. The van der Waals surface area contributed by atoms with Gasteiger partial charge in [-0.2, -0.15) is 0 Å². The molecule has 1 amide bonds. The van der Waals surface area contributed by atoms with Crippen LogP contribution in [0, 0.1) is 12.8 Å². The highest BCUT2D eigenvalue weighted by Gasteiger charge is 2.22. The largest absolute Gasteiger partial charge is 0.331 e. The number of carbonyl (C=O) groups excluding carboxylic acids is 1. The van der Waals surface area contributed by atoms with Gasteiger partial charge in [0.25, 0.3) is 0 Å². The molecule has 114 valence electrons. The molecule has 0 bridgehead atoms. The third-order valence-electron chi connectivity index (χ3n) is 4.00. The van der Waals surface area contributed by atoms with E-state index in [1.807, 2.05) is 19.1 Å². The highest BCUT2D eigenvalue weighted by molar-refractivity contribution is 7.80. The molecule has 1 aliphatic rings. The molecule has 0 saturated heterocycles. The van der Waals surface area contributed by atoms with Crippen molar-refractivity contribution >= 4 is 28.9 Å². The molecule has 5 heteroatoms. The van der Waals surface area contributed by atoms with E-state index in [-0.39, 0.29) is 11.8 Å². The molecule has 1 aromatic rings. The average molecular weight is 305 g/mol. The van der Waals surface area contributed by atoms with Gasteiger partial charge in [-0.05, 0) is 49.5 Å². The first-order valence-corrected chi connectivity index (χ1v) is 7.98. The van der Waals surface area contributed by atoms with E-state index < -0.39 is 0 Å². The van der Waals surface area contributed by atoms with Crippen molar-refractivity contribution in [1.29, 1.82) is 0 Å². The van der Waals surface area contributed by atoms with Crippen molar-refractivity contribution in [3.05, 3.63) is 29.3 Å². The molecule has 1 aromatic carbocycles. The molecule has 4 nitrogen and oxygen atoms in total. The van der Waals surface area contributed by atoms with Gasteiger partial charge in [0.1, 0.15) is 0 Å². The van der Waals surface area contributed by atoms with Gasteiger partial charge in [-0.3, -0.25) is 15.6 Å². The van der Waals surface area contributed by atoms with Crippen molar-refractivity contribution < 1.29 is 4.79 Å². The van der Waals surface area contributed by atoms with E-state index >= 15 is 0 Å². The predicted molar refractivity (Wildman–Crippen MR) is 90.0 cm³/mol. The first-order valence-electron chi connectivity index (χ1n) is 7.57. The van der Waals surface area contributed by atoms with E-state index in [0.29, 0.717) is 5.11 Å². The fraction of sp³-hybridized carbons (Fsp3) is 0.500. The van der Waals surface area contributed by atoms with Crippen LogP contribution in [0.1, 0.15) is 43.7 Å². The van der Waals surface area contributed by atoms with Crippen molar-refractivity contribution in [3.8, 4) is 0 Å². The van der Waals surface area contributed by atoms with Gasteiger partial charge < -0.3 is 5.32 Å². The van der Waals surface area contributed by atoms with Crippen LogP contribution in [-0.2, 0) is 11.2 Å². The molecule has 0 aromatic heterocycles.